The van der Waals surface area contributed by atoms with Crippen molar-refractivity contribution in [3.05, 3.63) is 71.0 Å². The molecule has 0 fully saturated rings. The minimum atomic E-state index is -0.992. The molecule has 3 heterocycles. The third-order valence-electron chi connectivity index (χ3n) is 4.82. The first-order valence-corrected chi connectivity index (χ1v) is 10.5. The van der Waals surface area contributed by atoms with Gasteiger partial charge in [0, 0.05) is 28.2 Å². The van der Waals surface area contributed by atoms with Crippen LogP contribution >= 0.6 is 11.3 Å². The third-order valence-corrected chi connectivity index (χ3v) is 5.81. The number of anilines is 1. The van der Waals surface area contributed by atoms with E-state index in [0.29, 0.717) is 27.3 Å². The van der Waals surface area contributed by atoms with Crippen molar-refractivity contribution in [1.82, 2.24) is 15.0 Å². The normalized spacial score (nSPS) is 11.8. The number of carbonyl (C=O) groups is 2. The maximum absolute atomic E-state index is 13.0. The summed E-state index contributed by atoms with van der Waals surface area (Å²) >= 11 is 1.38. The van der Waals surface area contributed by atoms with Crippen LogP contribution in [0.2, 0.25) is 0 Å². The van der Waals surface area contributed by atoms with Crippen molar-refractivity contribution in [2.24, 2.45) is 0 Å². The van der Waals surface area contributed by atoms with Crippen LogP contribution in [0.3, 0.4) is 0 Å². The Kier molecular flexibility index (Phi) is 5.73. The van der Waals surface area contributed by atoms with Crippen LogP contribution in [0.5, 0.6) is 0 Å². The summed E-state index contributed by atoms with van der Waals surface area (Å²) < 4.78 is 5.49. The second kappa shape index (κ2) is 8.61. The van der Waals surface area contributed by atoms with Crippen LogP contribution in [0, 0.1) is 13.8 Å². The van der Waals surface area contributed by atoms with Crippen LogP contribution < -0.4 is 5.32 Å². The van der Waals surface area contributed by atoms with Crippen LogP contribution in [0.1, 0.15) is 27.9 Å². The SMILES string of the molecule is Cc1nc(NC(=O)C(C)OC(=O)c2cc(-c3ccncc3)nc3ccccc23)sc1C. The fourth-order valence-corrected chi connectivity index (χ4v) is 3.84. The summed E-state index contributed by atoms with van der Waals surface area (Å²) in [6, 6.07) is 12.6. The molecule has 3 aromatic heterocycles. The number of aryl methyl sites for hydroxylation is 2. The van der Waals surface area contributed by atoms with Crippen LogP contribution in [-0.2, 0) is 9.53 Å². The Labute approximate surface area is 183 Å². The van der Waals surface area contributed by atoms with E-state index in [2.05, 4.69) is 20.3 Å². The van der Waals surface area contributed by atoms with E-state index >= 15 is 0 Å². The van der Waals surface area contributed by atoms with Gasteiger partial charge in [0.1, 0.15) is 0 Å². The molecule has 8 heteroatoms. The summed E-state index contributed by atoms with van der Waals surface area (Å²) in [7, 11) is 0. The molecule has 1 N–H and O–H groups in total. The maximum atomic E-state index is 13.0. The zero-order valence-corrected chi connectivity index (χ0v) is 18.1. The number of ether oxygens (including phenoxy) is 1. The lowest BCUT2D eigenvalue weighted by atomic mass is 10.0. The number of carbonyl (C=O) groups excluding carboxylic acids is 2. The monoisotopic (exact) mass is 432 g/mol. The minimum absolute atomic E-state index is 0.345. The van der Waals surface area contributed by atoms with Gasteiger partial charge in [-0.3, -0.25) is 15.1 Å². The summed E-state index contributed by atoms with van der Waals surface area (Å²) in [4.78, 5) is 39.5. The molecule has 1 amide bonds. The quantitative estimate of drug-likeness (QED) is 0.465. The molecule has 1 unspecified atom stereocenters. The van der Waals surface area contributed by atoms with Gasteiger partial charge in [-0.1, -0.05) is 18.2 Å². The molecular weight excluding hydrogens is 412 g/mol. The van der Waals surface area contributed by atoms with E-state index in [1.54, 1.807) is 24.5 Å². The summed E-state index contributed by atoms with van der Waals surface area (Å²) in [5.74, 6) is -1.03. The highest BCUT2D eigenvalue weighted by atomic mass is 32.1. The minimum Gasteiger partial charge on any atom is -0.449 e. The number of hydrogen-bond acceptors (Lipinski definition) is 7. The van der Waals surface area contributed by atoms with Gasteiger partial charge in [-0.05, 0) is 45.0 Å². The zero-order valence-electron chi connectivity index (χ0n) is 17.2. The molecular formula is C23H20N4O3S. The Morgan fingerprint density at radius 3 is 2.52 bits per heavy atom. The van der Waals surface area contributed by atoms with Gasteiger partial charge >= 0.3 is 5.97 Å². The van der Waals surface area contributed by atoms with Gasteiger partial charge < -0.3 is 4.74 Å². The molecule has 0 aliphatic rings. The lowest BCUT2D eigenvalue weighted by Gasteiger charge is -2.14. The maximum Gasteiger partial charge on any atom is 0.339 e. The second-order valence-electron chi connectivity index (χ2n) is 7.01. The van der Waals surface area contributed by atoms with E-state index in [1.165, 1.54) is 18.3 Å². The van der Waals surface area contributed by atoms with Gasteiger partial charge in [0.05, 0.1) is 22.5 Å². The number of pyridine rings is 2. The van der Waals surface area contributed by atoms with Crippen molar-refractivity contribution in [3.63, 3.8) is 0 Å². The highest BCUT2D eigenvalue weighted by Gasteiger charge is 2.22. The molecule has 4 aromatic rings. The number of aromatic nitrogens is 3. The molecule has 1 atom stereocenters. The van der Waals surface area contributed by atoms with Crippen molar-refractivity contribution in [2.45, 2.75) is 26.9 Å². The topological polar surface area (TPSA) is 94.1 Å². The number of para-hydroxylation sites is 1. The Balaban J connectivity index is 1.60. The first-order valence-electron chi connectivity index (χ1n) is 9.68. The standard InChI is InChI=1S/C23H20N4O3S/c1-13-15(3)31-23(25-13)27-21(28)14(2)30-22(29)18-12-20(16-8-10-24-11-9-16)26-19-7-5-4-6-17(18)19/h4-12,14H,1-3H3,(H,25,27,28). The average Bonchev–Trinajstić information content (AvgIpc) is 3.09. The van der Waals surface area contributed by atoms with Gasteiger partial charge in [0.25, 0.3) is 5.91 Å². The van der Waals surface area contributed by atoms with E-state index in [1.807, 2.05) is 44.2 Å². The molecule has 156 valence electrons. The molecule has 4 rings (SSSR count). The highest BCUT2D eigenvalue weighted by Crippen LogP contribution is 2.26. The van der Waals surface area contributed by atoms with E-state index < -0.39 is 18.0 Å². The predicted octanol–water partition coefficient (Wildman–Crippen LogP) is 4.55. The largest absolute Gasteiger partial charge is 0.449 e. The summed E-state index contributed by atoms with van der Waals surface area (Å²) in [6.07, 6.45) is 2.34. The van der Waals surface area contributed by atoms with Crippen LogP contribution in [-0.4, -0.2) is 32.9 Å². The van der Waals surface area contributed by atoms with Gasteiger partial charge in [0.15, 0.2) is 11.2 Å². The van der Waals surface area contributed by atoms with Gasteiger partial charge in [-0.25, -0.2) is 14.8 Å². The second-order valence-corrected chi connectivity index (χ2v) is 8.21. The molecule has 7 nitrogen and oxygen atoms in total. The average molecular weight is 433 g/mol. The number of thiazole rings is 1. The first-order chi connectivity index (χ1) is 14.9. The van der Waals surface area contributed by atoms with Crippen LogP contribution in [0.25, 0.3) is 22.2 Å². The Bertz CT molecular complexity index is 1250. The Morgan fingerprint density at radius 1 is 1.06 bits per heavy atom. The lowest BCUT2D eigenvalue weighted by Crippen LogP contribution is -2.30. The van der Waals surface area contributed by atoms with E-state index in [9.17, 15) is 9.59 Å². The molecule has 31 heavy (non-hydrogen) atoms. The summed E-state index contributed by atoms with van der Waals surface area (Å²) in [6.45, 7) is 5.34. The fraction of sp³-hybridized carbons (Fsp3) is 0.174. The number of amides is 1. The third kappa shape index (κ3) is 4.44. The van der Waals surface area contributed by atoms with Crippen molar-refractivity contribution >= 4 is 39.2 Å². The molecule has 0 saturated heterocycles. The predicted molar refractivity (Wildman–Crippen MR) is 120 cm³/mol. The Morgan fingerprint density at radius 2 is 1.81 bits per heavy atom. The number of nitrogens with one attached hydrogen (secondary N) is 1. The fourth-order valence-electron chi connectivity index (χ4n) is 3.03. The van der Waals surface area contributed by atoms with Crippen molar-refractivity contribution < 1.29 is 14.3 Å². The summed E-state index contributed by atoms with van der Waals surface area (Å²) in [5, 5.41) is 3.85. The Hall–Kier alpha value is -3.65. The number of fused-ring (bicyclic) bond motifs is 1. The van der Waals surface area contributed by atoms with Crippen LogP contribution in [0.15, 0.2) is 54.9 Å². The van der Waals surface area contributed by atoms with Crippen molar-refractivity contribution in [1.29, 1.82) is 0 Å². The van der Waals surface area contributed by atoms with E-state index in [0.717, 1.165) is 16.1 Å². The molecule has 0 aliphatic heterocycles. The number of benzene rings is 1. The smallest absolute Gasteiger partial charge is 0.339 e. The van der Waals surface area contributed by atoms with Gasteiger partial charge in [-0.2, -0.15) is 0 Å². The number of esters is 1. The highest BCUT2D eigenvalue weighted by molar-refractivity contribution is 7.15. The van der Waals surface area contributed by atoms with Gasteiger partial charge in [0.2, 0.25) is 0 Å². The number of nitrogens with zero attached hydrogens (tertiary/aromatic N) is 3. The summed E-state index contributed by atoms with van der Waals surface area (Å²) in [5.41, 5.74) is 3.32. The molecule has 0 saturated carbocycles. The first kappa shape index (κ1) is 20.6. The van der Waals surface area contributed by atoms with Gasteiger partial charge in [-0.15, -0.1) is 11.3 Å². The molecule has 0 bridgehead atoms. The van der Waals surface area contributed by atoms with Crippen LogP contribution in [0.4, 0.5) is 5.13 Å². The number of rotatable bonds is 5. The van der Waals surface area contributed by atoms with Crippen molar-refractivity contribution in [2.75, 3.05) is 5.32 Å². The molecule has 0 spiro atoms. The zero-order chi connectivity index (χ0) is 22.0. The molecule has 1 aromatic carbocycles. The molecule has 0 aliphatic carbocycles. The number of hydrogen-bond donors (Lipinski definition) is 1. The molecule has 0 radical (unpaired) electrons. The lowest BCUT2D eigenvalue weighted by molar-refractivity contribution is -0.123. The van der Waals surface area contributed by atoms with Crippen molar-refractivity contribution in [3.8, 4) is 11.3 Å². The van der Waals surface area contributed by atoms with E-state index in [4.69, 9.17) is 4.74 Å². The van der Waals surface area contributed by atoms with E-state index in [-0.39, 0.29) is 0 Å².